The Morgan fingerprint density at radius 3 is 2.54 bits per heavy atom. The summed E-state index contributed by atoms with van der Waals surface area (Å²) in [7, 11) is 1.48. The summed E-state index contributed by atoms with van der Waals surface area (Å²) in [6, 6.07) is 4.81. The second-order valence-corrected chi connectivity index (χ2v) is 6.13. The van der Waals surface area contributed by atoms with Gasteiger partial charge in [-0.05, 0) is 18.2 Å². The fraction of sp³-hybridized carbons (Fsp3) is 0.500. The molecule has 1 aromatic rings. The molecule has 0 aliphatic carbocycles. The zero-order valence-electron chi connectivity index (χ0n) is 13.3. The summed E-state index contributed by atoms with van der Waals surface area (Å²) in [5, 5.41) is 3.00. The quantitative estimate of drug-likeness (QED) is 0.817. The number of benzene rings is 1. The number of hydrogen-bond acceptors (Lipinski definition) is 5. The van der Waals surface area contributed by atoms with Crippen LogP contribution in [0.4, 0.5) is 5.69 Å². The number of amides is 2. The van der Waals surface area contributed by atoms with Crippen molar-refractivity contribution in [2.24, 2.45) is 0 Å². The predicted octanol–water partition coefficient (Wildman–Crippen LogP) is 1.65. The third-order valence-electron chi connectivity index (χ3n) is 4.23. The first kappa shape index (κ1) is 17.0. The molecule has 2 aliphatic rings. The third kappa shape index (κ3) is 3.48. The highest BCUT2D eigenvalue weighted by Crippen LogP contribution is 2.31. The molecule has 0 atom stereocenters. The summed E-state index contributed by atoms with van der Waals surface area (Å²) in [5.74, 6) is -1.46. The lowest BCUT2D eigenvalue weighted by Crippen LogP contribution is -2.50. The van der Waals surface area contributed by atoms with Crippen molar-refractivity contribution < 1.29 is 23.8 Å². The molecule has 130 valence electrons. The van der Waals surface area contributed by atoms with Gasteiger partial charge < -0.3 is 24.4 Å². The van der Waals surface area contributed by atoms with Gasteiger partial charge in [-0.2, -0.15) is 0 Å². The molecule has 0 saturated carbocycles. The number of carbonyl (C=O) groups excluding carboxylic acids is 2. The van der Waals surface area contributed by atoms with E-state index in [1.807, 2.05) is 0 Å². The maximum absolute atomic E-state index is 12.3. The molecule has 0 radical (unpaired) electrons. The van der Waals surface area contributed by atoms with E-state index in [9.17, 15) is 9.59 Å². The SMILES string of the molecule is COc1ccc(Cl)cc1NC(=O)C(=O)N1CCC2(CC1)OCCO2. The second-order valence-electron chi connectivity index (χ2n) is 5.70. The fourth-order valence-corrected chi connectivity index (χ4v) is 3.11. The molecule has 7 nitrogen and oxygen atoms in total. The van der Waals surface area contributed by atoms with E-state index in [1.54, 1.807) is 12.1 Å². The number of likely N-dealkylation sites (tertiary alicyclic amines) is 1. The molecule has 0 unspecified atom stereocenters. The summed E-state index contributed by atoms with van der Waals surface area (Å²) in [5.41, 5.74) is 0.360. The van der Waals surface area contributed by atoms with Crippen molar-refractivity contribution in [1.82, 2.24) is 4.90 Å². The lowest BCUT2D eigenvalue weighted by molar-refractivity contribution is -0.187. The van der Waals surface area contributed by atoms with Crippen molar-refractivity contribution in [2.45, 2.75) is 18.6 Å². The molecule has 2 fully saturated rings. The van der Waals surface area contributed by atoms with Crippen LogP contribution in [0.3, 0.4) is 0 Å². The van der Waals surface area contributed by atoms with Crippen molar-refractivity contribution in [3.05, 3.63) is 23.2 Å². The van der Waals surface area contributed by atoms with Gasteiger partial charge in [0.05, 0.1) is 26.0 Å². The van der Waals surface area contributed by atoms with Crippen LogP contribution < -0.4 is 10.1 Å². The van der Waals surface area contributed by atoms with Crippen molar-refractivity contribution in [2.75, 3.05) is 38.7 Å². The smallest absolute Gasteiger partial charge is 0.314 e. The molecule has 0 bridgehead atoms. The number of anilines is 1. The Balaban J connectivity index is 1.61. The Kier molecular flexibility index (Phi) is 4.93. The highest BCUT2D eigenvalue weighted by molar-refractivity contribution is 6.40. The molecule has 2 aliphatic heterocycles. The van der Waals surface area contributed by atoms with Gasteiger partial charge in [0.2, 0.25) is 0 Å². The molecule has 2 amide bonds. The van der Waals surface area contributed by atoms with Crippen LogP contribution in [0, 0.1) is 0 Å². The Hall–Kier alpha value is -1.83. The highest BCUT2D eigenvalue weighted by Gasteiger charge is 2.41. The summed E-state index contributed by atoms with van der Waals surface area (Å²) in [4.78, 5) is 26.1. The highest BCUT2D eigenvalue weighted by atomic mass is 35.5. The van der Waals surface area contributed by atoms with E-state index in [-0.39, 0.29) is 0 Å². The van der Waals surface area contributed by atoms with E-state index >= 15 is 0 Å². The zero-order chi connectivity index (χ0) is 17.2. The van der Waals surface area contributed by atoms with Crippen LogP contribution in [0.5, 0.6) is 5.75 Å². The average molecular weight is 355 g/mol. The maximum atomic E-state index is 12.3. The first-order valence-corrected chi connectivity index (χ1v) is 8.12. The number of halogens is 1. The minimum Gasteiger partial charge on any atom is -0.495 e. The molecule has 1 N–H and O–H groups in total. The normalized spacial score (nSPS) is 19.3. The van der Waals surface area contributed by atoms with Gasteiger partial charge >= 0.3 is 11.8 Å². The Bertz CT molecular complexity index is 635. The molecule has 1 spiro atoms. The Labute approximate surface area is 144 Å². The predicted molar refractivity (Wildman–Crippen MR) is 87.1 cm³/mol. The summed E-state index contributed by atoms with van der Waals surface area (Å²) in [6.45, 7) is 1.98. The fourth-order valence-electron chi connectivity index (χ4n) is 2.93. The number of methoxy groups -OCH3 is 1. The Morgan fingerprint density at radius 2 is 1.92 bits per heavy atom. The number of rotatable bonds is 2. The molecule has 24 heavy (non-hydrogen) atoms. The first-order valence-electron chi connectivity index (χ1n) is 7.75. The van der Waals surface area contributed by atoms with Crippen molar-refractivity contribution in [1.29, 1.82) is 0 Å². The molecular formula is C16H19ClN2O5. The van der Waals surface area contributed by atoms with Gasteiger partial charge in [-0.3, -0.25) is 9.59 Å². The average Bonchev–Trinajstić information content (AvgIpc) is 3.03. The van der Waals surface area contributed by atoms with E-state index < -0.39 is 17.6 Å². The van der Waals surface area contributed by atoms with Crippen LogP contribution in [0.15, 0.2) is 18.2 Å². The number of carbonyl (C=O) groups is 2. The number of ether oxygens (including phenoxy) is 3. The minimum atomic E-state index is -0.722. The van der Waals surface area contributed by atoms with E-state index in [1.165, 1.54) is 18.1 Å². The molecule has 2 saturated heterocycles. The second kappa shape index (κ2) is 6.96. The van der Waals surface area contributed by atoms with E-state index in [0.717, 1.165) is 0 Å². The van der Waals surface area contributed by atoms with Crippen molar-refractivity contribution in [3.8, 4) is 5.75 Å². The molecule has 2 heterocycles. The van der Waals surface area contributed by atoms with Gasteiger partial charge in [-0.25, -0.2) is 0 Å². The van der Waals surface area contributed by atoms with Crippen LogP contribution in [0.25, 0.3) is 0 Å². The topological polar surface area (TPSA) is 77.1 Å². The van der Waals surface area contributed by atoms with Gasteiger partial charge in [0.1, 0.15) is 5.75 Å². The van der Waals surface area contributed by atoms with Gasteiger partial charge in [0, 0.05) is 31.0 Å². The van der Waals surface area contributed by atoms with E-state index in [0.29, 0.717) is 55.6 Å². The molecule has 1 aromatic carbocycles. The number of piperidine rings is 1. The summed E-state index contributed by atoms with van der Waals surface area (Å²) >= 11 is 5.92. The molecular weight excluding hydrogens is 336 g/mol. The van der Waals surface area contributed by atoms with Crippen LogP contribution in [-0.4, -0.2) is 55.9 Å². The Morgan fingerprint density at radius 1 is 1.25 bits per heavy atom. The van der Waals surface area contributed by atoms with Gasteiger partial charge in [-0.15, -0.1) is 0 Å². The van der Waals surface area contributed by atoms with Crippen LogP contribution in [0.2, 0.25) is 5.02 Å². The molecule has 0 aromatic heterocycles. The first-order chi connectivity index (χ1) is 11.5. The zero-order valence-corrected chi connectivity index (χ0v) is 14.1. The number of nitrogens with one attached hydrogen (secondary N) is 1. The molecule has 3 rings (SSSR count). The van der Waals surface area contributed by atoms with Gasteiger partial charge in [-0.1, -0.05) is 11.6 Å². The van der Waals surface area contributed by atoms with Crippen LogP contribution in [-0.2, 0) is 19.1 Å². The van der Waals surface area contributed by atoms with Crippen molar-refractivity contribution >= 4 is 29.1 Å². The summed E-state index contributed by atoms with van der Waals surface area (Å²) < 4.78 is 16.4. The lowest BCUT2D eigenvalue weighted by atomic mass is 10.0. The number of nitrogens with zero attached hydrogens (tertiary/aromatic N) is 1. The van der Waals surface area contributed by atoms with Crippen molar-refractivity contribution in [3.63, 3.8) is 0 Å². The van der Waals surface area contributed by atoms with E-state index in [4.69, 9.17) is 25.8 Å². The van der Waals surface area contributed by atoms with Gasteiger partial charge in [0.15, 0.2) is 5.79 Å². The molecule has 8 heteroatoms. The van der Waals surface area contributed by atoms with Gasteiger partial charge in [0.25, 0.3) is 0 Å². The third-order valence-corrected chi connectivity index (χ3v) is 4.47. The minimum absolute atomic E-state index is 0.360. The van der Waals surface area contributed by atoms with E-state index in [2.05, 4.69) is 5.32 Å². The monoisotopic (exact) mass is 354 g/mol. The largest absolute Gasteiger partial charge is 0.495 e. The standard InChI is InChI=1S/C16H19ClN2O5/c1-22-13-3-2-11(17)10-12(13)18-14(20)15(21)19-6-4-16(5-7-19)23-8-9-24-16/h2-3,10H,4-9H2,1H3,(H,18,20). The summed E-state index contributed by atoms with van der Waals surface area (Å²) in [6.07, 6.45) is 1.12. The number of hydrogen-bond donors (Lipinski definition) is 1. The lowest BCUT2D eigenvalue weighted by Gasteiger charge is -2.37. The maximum Gasteiger partial charge on any atom is 0.314 e. The van der Waals surface area contributed by atoms with Crippen LogP contribution in [0.1, 0.15) is 12.8 Å². The van der Waals surface area contributed by atoms with Crippen LogP contribution >= 0.6 is 11.6 Å².